The fourth-order valence-electron chi connectivity index (χ4n) is 2.27. The van der Waals surface area contributed by atoms with Crippen molar-refractivity contribution >= 4 is 15.9 Å². The monoisotopic (exact) mass is 318 g/mol. The summed E-state index contributed by atoms with van der Waals surface area (Å²) in [6, 6.07) is 17.1. The van der Waals surface area contributed by atoms with E-state index in [4.69, 9.17) is 5.84 Å². The molecule has 0 saturated carbocycles. The van der Waals surface area contributed by atoms with E-state index in [9.17, 15) is 0 Å². The van der Waals surface area contributed by atoms with Crippen LogP contribution in [-0.4, -0.2) is 0 Å². The molecule has 1 atom stereocenters. The molecule has 0 aliphatic carbocycles. The molecular formula is C16H19BrN2. The summed E-state index contributed by atoms with van der Waals surface area (Å²) in [6.07, 6.45) is 2.00. The van der Waals surface area contributed by atoms with E-state index in [-0.39, 0.29) is 6.04 Å². The third kappa shape index (κ3) is 4.16. The van der Waals surface area contributed by atoms with E-state index < -0.39 is 0 Å². The number of rotatable bonds is 5. The van der Waals surface area contributed by atoms with Crippen LogP contribution in [0.1, 0.15) is 29.2 Å². The maximum Gasteiger partial charge on any atom is 0.0463 e. The molecule has 2 nitrogen and oxygen atoms in total. The van der Waals surface area contributed by atoms with Gasteiger partial charge in [-0.2, -0.15) is 0 Å². The van der Waals surface area contributed by atoms with Crippen LogP contribution in [0.25, 0.3) is 0 Å². The molecule has 0 radical (unpaired) electrons. The highest BCUT2D eigenvalue weighted by Gasteiger charge is 2.10. The highest BCUT2D eigenvalue weighted by Crippen LogP contribution is 2.23. The van der Waals surface area contributed by atoms with E-state index in [0.29, 0.717) is 0 Å². The van der Waals surface area contributed by atoms with Gasteiger partial charge in [0.2, 0.25) is 0 Å². The number of aryl methyl sites for hydroxylation is 2. The van der Waals surface area contributed by atoms with Crippen molar-refractivity contribution in [3.05, 3.63) is 69.7 Å². The summed E-state index contributed by atoms with van der Waals surface area (Å²) in [5, 5.41) is 0. The van der Waals surface area contributed by atoms with Gasteiger partial charge in [-0.1, -0.05) is 52.3 Å². The van der Waals surface area contributed by atoms with Crippen molar-refractivity contribution in [1.29, 1.82) is 0 Å². The van der Waals surface area contributed by atoms with Gasteiger partial charge in [-0.05, 0) is 48.6 Å². The molecule has 0 fully saturated rings. The molecule has 0 spiro atoms. The zero-order valence-electron chi connectivity index (χ0n) is 11.1. The lowest BCUT2D eigenvalue weighted by Gasteiger charge is -2.17. The maximum absolute atomic E-state index is 5.70. The summed E-state index contributed by atoms with van der Waals surface area (Å²) < 4.78 is 1.10. The Bertz CT molecular complexity index is 505. The van der Waals surface area contributed by atoms with Crippen LogP contribution in [0.2, 0.25) is 0 Å². The molecule has 0 saturated heterocycles. The summed E-state index contributed by atoms with van der Waals surface area (Å²) in [4.78, 5) is 0. The maximum atomic E-state index is 5.70. The van der Waals surface area contributed by atoms with Crippen molar-refractivity contribution in [2.45, 2.75) is 25.8 Å². The first-order valence-electron chi connectivity index (χ1n) is 6.46. The molecule has 0 amide bonds. The van der Waals surface area contributed by atoms with E-state index in [0.717, 1.165) is 17.3 Å². The second-order valence-corrected chi connectivity index (χ2v) is 5.72. The van der Waals surface area contributed by atoms with Gasteiger partial charge in [-0.15, -0.1) is 0 Å². The Balaban J connectivity index is 2.07. The van der Waals surface area contributed by atoms with Gasteiger partial charge in [-0.25, -0.2) is 0 Å². The van der Waals surface area contributed by atoms with Gasteiger partial charge >= 0.3 is 0 Å². The van der Waals surface area contributed by atoms with Crippen molar-refractivity contribution in [3.8, 4) is 0 Å². The van der Waals surface area contributed by atoms with Crippen molar-refractivity contribution in [1.82, 2.24) is 5.43 Å². The number of hydrogen-bond donors (Lipinski definition) is 2. The smallest absolute Gasteiger partial charge is 0.0463 e. The molecule has 0 aliphatic rings. The molecule has 100 valence electrons. The lowest BCUT2D eigenvalue weighted by molar-refractivity contribution is 0.516. The molecule has 0 aromatic heterocycles. The predicted molar refractivity (Wildman–Crippen MR) is 83.7 cm³/mol. The van der Waals surface area contributed by atoms with Crippen LogP contribution in [0, 0.1) is 6.92 Å². The minimum atomic E-state index is 0.177. The molecule has 3 heteroatoms. The summed E-state index contributed by atoms with van der Waals surface area (Å²) in [5.74, 6) is 5.70. The second-order valence-electron chi connectivity index (χ2n) is 4.81. The van der Waals surface area contributed by atoms with Crippen LogP contribution in [0.15, 0.2) is 53.0 Å². The Kier molecular flexibility index (Phi) is 5.14. The molecule has 2 rings (SSSR count). The van der Waals surface area contributed by atoms with Crippen LogP contribution in [-0.2, 0) is 6.42 Å². The first-order chi connectivity index (χ1) is 9.19. The lowest BCUT2D eigenvalue weighted by atomic mass is 9.98. The zero-order chi connectivity index (χ0) is 13.7. The Morgan fingerprint density at radius 1 is 1.16 bits per heavy atom. The minimum Gasteiger partial charge on any atom is -0.271 e. The van der Waals surface area contributed by atoms with Gasteiger partial charge in [-0.3, -0.25) is 11.3 Å². The number of hydrogen-bond acceptors (Lipinski definition) is 2. The molecular weight excluding hydrogens is 300 g/mol. The van der Waals surface area contributed by atoms with Gasteiger partial charge in [0, 0.05) is 10.5 Å². The van der Waals surface area contributed by atoms with Gasteiger partial charge in [0.1, 0.15) is 0 Å². The minimum absolute atomic E-state index is 0.177. The van der Waals surface area contributed by atoms with Crippen molar-refractivity contribution < 1.29 is 0 Å². The Labute approximate surface area is 123 Å². The first kappa shape index (κ1) is 14.3. The average molecular weight is 319 g/mol. The molecule has 19 heavy (non-hydrogen) atoms. The highest BCUT2D eigenvalue weighted by atomic mass is 79.9. The Hall–Kier alpha value is -1.16. The number of halogens is 1. The third-order valence-corrected chi connectivity index (χ3v) is 3.69. The van der Waals surface area contributed by atoms with E-state index in [1.165, 1.54) is 16.7 Å². The predicted octanol–water partition coefficient (Wildman–Crippen LogP) is 3.89. The number of nitrogens with one attached hydrogen (secondary N) is 1. The fourth-order valence-corrected chi connectivity index (χ4v) is 2.89. The lowest BCUT2D eigenvalue weighted by Crippen LogP contribution is -2.28. The van der Waals surface area contributed by atoms with E-state index in [1.54, 1.807) is 0 Å². The summed E-state index contributed by atoms with van der Waals surface area (Å²) in [6.45, 7) is 2.10. The largest absolute Gasteiger partial charge is 0.271 e. The van der Waals surface area contributed by atoms with Crippen molar-refractivity contribution in [3.63, 3.8) is 0 Å². The molecule has 2 aromatic carbocycles. The van der Waals surface area contributed by atoms with Crippen molar-refractivity contribution in [2.24, 2.45) is 5.84 Å². The van der Waals surface area contributed by atoms with Crippen LogP contribution < -0.4 is 11.3 Å². The average Bonchev–Trinajstić information content (AvgIpc) is 2.39. The van der Waals surface area contributed by atoms with Gasteiger partial charge in [0.25, 0.3) is 0 Å². The van der Waals surface area contributed by atoms with Crippen LogP contribution in [0.5, 0.6) is 0 Å². The van der Waals surface area contributed by atoms with Gasteiger partial charge < -0.3 is 0 Å². The second kappa shape index (κ2) is 6.85. The summed E-state index contributed by atoms with van der Waals surface area (Å²) in [5.41, 5.74) is 6.73. The quantitative estimate of drug-likeness (QED) is 0.648. The van der Waals surface area contributed by atoms with E-state index in [2.05, 4.69) is 70.7 Å². The zero-order valence-corrected chi connectivity index (χ0v) is 12.7. The first-order valence-corrected chi connectivity index (χ1v) is 7.25. The molecule has 0 aliphatic heterocycles. The molecule has 0 heterocycles. The standard InChI is InChI=1S/C16H19BrN2/c1-12-9-14(11-15(17)10-12)16(19-18)8-7-13-5-3-2-4-6-13/h2-6,9-11,16,19H,7-8,18H2,1H3. The van der Waals surface area contributed by atoms with E-state index in [1.807, 2.05) is 6.07 Å². The Morgan fingerprint density at radius 3 is 2.53 bits per heavy atom. The van der Waals surface area contributed by atoms with Gasteiger partial charge in [0.15, 0.2) is 0 Å². The topological polar surface area (TPSA) is 38.0 Å². The molecule has 1 unspecified atom stereocenters. The molecule has 3 N–H and O–H groups in total. The highest BCUT2D eigenvalue weighted by molar-refractivity contribution is 9.10. The van der Waals surface area contributed by atoms with Crippen LogP contribution in [0.4, 0.5) is 0 Å². The Morgan fingerprint density at radius 2 is 1.89 bits per heavy atom. The van der Waals surface area contributed by atoms with Crippen LogP contribution in [0.3, 0.4) is 0 Å². The summed E-state index contributed by atoms with van der Waals surface area (Å²) in [7, 11) is 0. The number of hydrazine groups is 1. The number of nitrogens with two attached hydrogens (primary N) is 1. The van der Waals surface area contributed by atoms with Crippen molar-refractivity contribution in [2.75, 3.05) is 0 Å². The number of benzene rings is 2. The SMILES string of the molecule is Cc1cc(Br)cc(C(CCc2ccccc2)NN)c1. The van der Waals surface area contributed by atoms with Crippen LogP contribution >= 0.6 is 15.9 Å². The fraction of sp³-hybridized carbons (Fsp3) is 0.250. The molecule has 2 aromatic rings. The third-order valence-electron chi connectivity index (χ3n) is 3.23. The normalized spacial score (nSPS) is 12.4. The van der Waals surface area contributed by atoms with Gasteiger partial charge in [0.05, 0.1) is 0 Å². The van der Waals surface area contributed by atoms with E-state index >= 15 is 0 Å². The molecule has 0 bridgehead atoms. The summed E-state index contributed by atoms with van der Waals surface area (Å²) >= 11 is 3.54.